The normalized spacial score (nSPS) is 14.9. The molecule has 1 aliphatic rings. The molecule has 102 valence electrons. The zero-order valence-corrected chi connectivity index (χ0v) is 12.4. The van der Waals surface area contributed by atoms with Gasteiger partial charge < -0.3 is 0 Å². The minimum atomic E-state index is -0.0707. The van der Waals surface area contributed by atoms with Crippen LogP contribution in [0.15, 0.2) is 42.5 Å². The van der Waals surface area contributed by atoms with Gasteiger partial charge in [0.25, 0.3) is 0 Å². The summed E-state index contributed by atoms with van der Waals surface area (Å²) in [4.78, 5) is 12.6. The Morgan fingerprint density at radius 2 is 1.80 bits per heavy atom. The van der Waals surface area contributed by atoms with Crippen molar-refractivity contribution in [3.05, 3.63) is 69.2 Å². The van der Waals surface area contributed by atoms with Gasteiger partial charge in [0.2, 0.25) is 0 Å². The molecule has 20 heavy (non-hydrogen) atoms. The van der Waals surface area contributed by atoms with Gasteiger partial charge in [-0.15, -0.1) is 0 Å². The molecule has 1 fully saturated rings. The molecule has 3 heteroatoms. The first-order valence-corrected chi connectivity index (χ1v) is 7.51. The molecule has 0 spiro atoms. The topological polar surface area (TPSA) is 17.1 Å². The fraction of sp³-hybridized carbons (Fsp3) is 0.235. The van der Waals surface area contributed by atoms with Crippen molar-refractivity contribution in [2.45, 2.75) is 25.2 Å². The summed E-state index contributed by atoms with van der Waals surface area (Å²) >= 11 is 12.1. The molecule has 0 N–H and O–H groups in total. The van der Waals surface area contributed by atoms with Crippen LogP contribution in [0.25, 0.3) is 0 Å². The number of carbonyl (C=O) groups is 1. The van der Waals surface area contributed by atoms with Crippen LogP contribution >= 0.6 is 23.2 Å². The molecule has 0 amide bonds. The van der Waals surface area contributed by atoms with Crippen molar-refractivity contribution in [1.29, 1.82) is 0 Å². The number of benzene rings is 2. The van der Waals surface area contributed by atoms with Gasteiger partial charge in [-0.1, -0.05) is 53.9 Å². The number of carbonyl (C=O) groups excluding carboxylic acids is 1. The first-order valence-electron chi connectivity index (χ1n) is 6.75. The van der Waals surface area contributed by atoms with Crippen molar-refractivity contribution in [2.75, 3.05) is 0 Å². The number of hydrogen-bond acceptors (Lipinski definition) is 1. The first-order chi connectivity index (χ1) is 9.66. The summed E-state index contributed by atoms with van der Waals surface area (Å²) in [6.07, 6.45) is 3.72. The van der Waals surface area contributed by atoms with Crippen LogP contribution in [0.4, 0.5) is 0 Å². The molecule has 0 atom stereocenters. The molecule has 2 aromatic rings. The van der Waals surface area contributed by atoms with E-state index in [2.05, 4.69) is 6.07 Å². The van der Waals surface area contributed by atoms with Gasteiger partial charge in [-0.2, -0.15) is 0 Å². The highest BCUT2D eigenvalue weighted by molar-refractivity contribution is 6.44. The van der Waals surface area contributed by atoms with E-state index in [0.717, 1.165) is 0 Å². The molecule has 0 radical (unpaired) electrons. The monoisotopic (exact) mass is 304 g/mol. The quantitative estimate of drug-likeness (QED) is 0.685. The molecule has 2 aromatic carbocycles. The molecule has 3 rings (SSSR count). The Hall–Kier alpha value is -1.31. The Kier molecular flexibility index (Phi) is 3.82. The first kappa shape index (κ1) is 13.7. The predicted molar refractivity (Wildman–Crippen MR) is 82.9 cm³/mol. The second kappa shape index (κ2) is 5.59. The lowest BCUT2D eigenvalue weighted by atomic mass is 9.79. The summed E-state index contributed by atoms with van der Waals surface area (Å²) < 4.78 is 0. The van der Waals surface area contributed by atoms with E-state index >= 15 is 0 Å². The fourth-order valence-corrected chi connectivity index (χ4v) is 2.90. The van der Waals surface area contributed by atoms with Crippen molar-refractivity contribution in [2.24, 2.45) is 0 Å². The van der Waals surface area contributed by atoms with E-state index in [0.29, 0.717) is 27.1 Å². The Labute approximate surface area is 128 Å². The van der Waals surface area contributed by atoms with Gasteiger partial charge in [-0.25, -0.2) is 0 Å². The van der Waals surface area contributed by atoms with E-state index in [-0.39, 0.29) is 5.78 Å². The fourth-order valence-electron chi connectivity index (χ4n) is 2.51. The van der Waals surface area contributed by atoms with Crippen LogP contribution in [0.2, 0.25) is 10.0 Å². The van der Waals surface area contributed by atoms with Crippen LogP contribution in [-0.4, -0.2) is 5.78 Å². The van der Waals surface area contributed by atoms with Crippen molar-refractivity contribution in [3.63, 3.8) is 0 Å². The lowest BCUT2D eigenvalue weighted by Gasteiger charge is -2.26. The number of rotatable bonds is 3. The van der Waals surface area contributed by atoms with Crippen molar-refractivity contribution < 1.29 is 4.79 Å². The molecule has 0 bridgehead atoms. The summed E-state index contributed by atoms with van der Waals surface area (Å²) in [5, 5.41) is 0.737. The maximum Gasteiger partial charge on any atom is 0.194 e. The highest BCUT2D eigenvalue weighted by Crippen LogP contribution is 2.37. The molecule has 0 saturated heterocycles. The summed E-state index contributed by atoms with van der Waals surface area (Å²) in [5.74, 6) is 0.538. The number of halogens is 2. The summed E-state index contributed by atoms with van der Waals surface area (Å²) in [7, 11) is 0. The second-order valence-electron chi connectivity index (χ2n) is 5.18. The SMILES string of the molecule is O=C(c1cccc(C2CCC2)c1)c1cccc(Cl)c1Cl. The average molecular weight is 305 g/mol. The summed E-state index contributed by atoms with van der Waals surface area (Å²) in [6.45, 7) is 0. The van der Waals surface area contributed by atoms with Crippen LogP contribution in [0.3, 0.4) is 0 Å². The van der Waals surface area contributed by atoms with E-state index in [1.807, 2.05) is 18.2 Å². The lowest BCUT2D eigenvalue weighted by molar-refractivity contribution is 0.103. The molecule has 0 aromatic heterocycles. The second-order valence-corrected chi connectivity index (χ2v) is 5.97. The van der Waals surface area contributed by atoms with Gasteiger partial charge in [0.05, 0.1) is 10.0 Å². The van der Waals surface area contributed by atoms with Crippen molar-refractivity contribution in [3.8, 4) is 0 Å². The molecular formula is C17H14Cl2O. The molecular weight excluding hydrogens is 291 g/mol. The third kappa shape index (κ3) is 2.48. The van der Waals surface area contributed by atoms with Crippen LogP contribution in [0.1, 0.15) is 46.7 Å². The Bertz CT molecular complexity index is 660. The van der Waals surface area contributed by atoms with Gasteiger partial charge in [0.15, 0.2) is 5.78 Å². The minimum Gasteiger partial charge on any atom is -0.289 e. The highest BCUT2D eigenvalue weighted by atomic mass is 35.5. The minimum absolute atomic E-state index is 0.0707. The van der Waals surface area contributed by atoms with E-state index in [9.17, 15) is 4.79 Å². The number of hydrogen-bond donors (Lipinski definition) is 0. The van der Waals surface area contributed by atoms with Crippen LogP contribution in [0.5, 0.6) is 0 Å². The third-order valence-corrected chi connectivity index (χ3v) is 4.74. The molecule has 0 unspecified atom stereocenters. The third-order valence-electron chi connectivity index (χ3n) is 3.92. The van der Waals surface area contributed by atoms with Gasteiger partial charge in [0, 0.05) is 11.1 Å². The van der Waals surface area contributed by atoms with E-state index in [1.54, 1.807) is 18.2 Å². The maximum atomic E-state index is 12.6. The Balaban J connectivity index is 1.95. The van der Waals surface area contributed by atoms with Crippen LogP contribution < -0.4 is 0 Å². The number of ketones is 1. The standard InChI is InChI=1S/C17H14Cl2O/c18-15-9-3-8-14(16(15)19)17(20)13-7-2-6-12(10-13)11-4-1-5-11/h2-3,6-11H,1,4-5H2. The summed E-state index contributed by atoms with van der Waals surface area (Å²) in [5.41, 5.74) is 2.39. The van der Waals surface area contributed by atoms with Crippen molar-refractivity contribution >= 4 is 29.0 Å². The molecule has 0 heterocycles. The Morgan fingerprint density at radius 1 is 1.05 bits per heavy atom. The highest BCUT2D eigenvalue weighted by Gasteiger charge is 2.21. The summed E-state index contributed by atoms with van der Waals surface area (Å²) in [6, 6.07) is 13.0. The van der Waals surface area contributed by atoms with Gasteiger partial charge in [-0.3, -0.25) is 4.79 Å². The Morgan fingerprint density at radius 3 is 2.50 bits per heavy atom. The predicted octanol–water partition coefficient (Wildman–Crippen LogP) is 5.49. The van der Waals surface area contributed by atoms with Gasteiger partial charge in [-0.05, 0) is 42.5 Å². The molecule has 1 aliphatic carbocycles. The lowest BCUT2D eigenvalue weighted by Crippen LogP contribution is -2.10. The molecule has 0 aliphatic heterocycles. The van der Waals surface area contributed by atoms with Gasteiger partial charge in [0.1, 0.15) is 0 Å². The zero-order chi connectivity index (χ0) is 14.1. The van der Waals surface area contributed by atoms with Gasteiger partial charge >= 0.3 is 0 Å². The average Bonchev–Trinajstić information content (AvgIpc) is 2.40. The van der Waals surface area contributed by atoms with E-state index < -0.39 is 0 Å². The zero-order valence-electron chi connectivity index (χ0n) is 10.9. The van der Waals surface area contributed by atoms with Crippen molar-refractivity contribution in [1.82, 2.24) is 0 Å². The smallest absolute Gasteiger partial charge is 0.194 e. The largest absolute Gasteiger partial charge is 0.289 e. The maximum absolute atomic E-state index is 12.6. The van der Waals surface area contributed by atoms with E-state index in [1.165, 1.54) is 24.8 Å². The molecule has 1 saturated carbocycles. The van der Waals surface area contributed by atoms with Crippen LogP contribution in [0, 0.1) is 0 Å². The molecule has 1 nitrogen and oxygen atoms in total. The van der Waals surface area contributed by atoms with E-state index in [4.69, 9.17) is 23.2 Å². The van der Waals surface area contributed by atoms with Crippen LogP contribution in [-0.2, 0) is 0 Å².